The van der Waals surface area contributed by atoms with E-state index in [4.69, 9.17) is 0 Å². The summed E-state index contributed by atoms with van der Waals surface area (Å²) >= 11 is 0. The minimum absolute atomic E-state index is 0.0613. The number of aromatic nitrogens is 3. The summed E-state index contributed by atoms with van der Waals surface area (Å²) in [5.41, 5.74) is 15.3. The van der Waals surface area contributed by atoms with Crippen LogP contribution < -0.4 is 0 Å². The van der Waals surface area contributed by atoms with E-state index in [0.717, 1.165) is 11.4 Å². The van der Waals surface area contributed by atoms with Crippen molar-refractivity contribution in [2.45, 2.75) is 52.4 Å². The fraction of sp³-hybridized carbons (Fsp3) is 0.176. The van der Waals surface area contributed by atoms with Crippen molar-refractivity contribution in [1.29, 1.82) is 0 Å². The van der Waals surface area contributed by atoms with E-state index in [1.54, 1.807) is 0 Å². The Kier molecular flexibility index (Phi) is 6.14. The zero-order valence-corrected chi connectivity index (χ0v) is 31.8. The Bertz CT molecular complexity index is 3120. The maximum absolute atomic E-state index is 3.78. The number of rotatable bonds is 3. The van der Waals surface area contributed by atoms with Crippen molar-refractivity contribution in [2.75, 3.05) is 0 Å². The van der Waals surface area contributed by atoms with Gasteiger partial charge in [0.15, 0.2) is 0 Å². The molecule has 3 heteroatoms. The molecule has 0 bridgehead atoms. The van der Waals surface area contributed by atoms with E-state index >= 15 is 0 Å². The molecule has 10 aromatic rings. The van der Waals surface area contributed by atoms with Crippen LogP contribution in [0.25, 0.3) is 87.9 Å². The molecule has 1 aliphatic carbocycles. The van der Waals surface area contributed by atoms with E-state index in [1.807, 2.05) is 0 Å². The minimum atomic E-state index is 0.0613. The zero-order chi connectivity index (χ0) is 36.7. The molecule has 0 amide bonds. The summed E-state index contributed by atoms with van der Waals surface area (Å²) in [5, 5.41) is 7.68. The van der Waals surface area contributed by atoms with Crippen LogP contribution in [-0.2, 0) is 10.8 Å². The van der Waals surface area contributed by atoms with E-state index in [0.29, 0.717) is 0 Å². The number of hydrogen-bond donors (Lipinski definition) is 1. The third kappa shape index (κ3) is 3.97. The van der Waals surface area contributed by atoms with Crippen LogP contribution in [0.5, 0.6) is 0 Å². The number of aromatic amines is 1. The van der Waals surface area contributed by atoms with Crippen LogP contribution in [-0.4, -0.2) is 14.1 Å². The smallest absolute Gasteiger partial charge is 0.0541 e. The average Bonchev–Trinajstić information content (AvgIpc) is 3.86. The topological polar surface area (TPSA) is 25.6 Å². The highest BCUT2D eigenvalue weighted by atomic mass is 15.0. The Balaban J connectivity index is 1.03. The van der Waals surface area contributed by atoms with Gasteiger partial charge in [0, 0.05) is 54.7 Å². The first kappa shape index (κ1) is 31.5. The molecule has 54 heavy (non-hydrogen) atoms. The molecule has 0 atom stereocenters. The molecule has 0 spiro atoms. The summed E-state index contributed by atoms with van der Waals surface area (Å²) in [6.45, 7) is 14.6. The lowest BCUT2D eigenvalue weighted by Crippen LogP contribution is -2.42. The molecule has 11 rings (SSSR count). The van der Waals surface area contributed by atoms with Crippen LogP contribution in [0.3, 0.4) is 0 Å². The predicted octanol–water partition coefficient (Wildman–Crippen LogP) is 13.8. The summed E-state index contributed by atoms with van der Waals surface area (Å²) < 4.78 is 4.80. The number of H-pyrrole nitrogens is 1. The maximum atomic E-state index is 3.78. The molecule has 1 aliphatic rings. The lowest BCUT2D eigenvalue weighted by Gasteiger charge is -2.44. The number of benzene rings is 7. The monoisotopic (exact) mass is 697 g/mol. The van der Waals surface area contributed by atoms with Gasteiger partial charge in [-0.05, 0) is 117 Å². The fourth-order valence-corrected chi connectivity index (χ4v) is 10.00. The first-order chi connectivity index (χ1) is 26.0. The SMILES string of the molecule is CC1(C)c2cc3[nH]c4ccc(-c5ccc6c(c5)c5ccccc5n6-c5ccc(-n6c7ccccc7c7ccccc76)cc5)cc4c3cc2C(C)(C)C1(C)C. The van der Waals surface area contributed by atoms with Crippen LogP contribution in [0.4, 0.5) is 0 Å². The normalized spacial score (nSPS) is 16.0. The second kappa shape index (κ2) is 10.5. The molecule has 1 N–H and O–H groups in total. The van der Waals surface area contributed by atoms with Crippen molar-refractivity contribution in [3.8, 4) is 22.5 Å². The van der Waals surface area contributed by atoms with Gasteiger partial charge in [-0.25, -0.2) is 0 Å². The summed E-state index contributed by atoms with van der Waals surface area (Å²) in [6.07, 6.45) is 0. The molecule has 0 aliphatic heterocycles. The standard InChI is InChI=1S/C51H43N3/c1-49(2)41-29-39-38-27-31(19-25-43(38)52-44(39)30-42(41)50(3,4)51(49,5)6)32-20-26-48-40(28-32)37-15-9-12-18-47(37)54(48)34-23-21-33(22-24-34)53-45-16-10-7-13-35(45)36-14-8-11-17-46(36)53/h7-30,52H,1-6H3. The van der Waals surface area contributed by atoms with Crippen molar-refractivity contribution >= 4 is 65.4 Å². The predicted molar refractivity (Wildman–Crippen MR) is 230 cm³/mol. The van der Waals surface area contributed by atoms with Crippen LogP contribution in [0.2, 0.25) is 0 Å². The summed E-state index contributed by atoms with van der Waals surface area (Å²) in [7, 11) is 0. The Morgan fingerprint density at radius 2 is 0.796 bits per heavy atom. The van der Waals surface area contributed by atoms with Crippen molar-refractivity contribution in [1.82, 2.24) is 14.1 Å². The van der Waals surface area contributed by atoms with Gasteiger partial charge in [-0.1, -0.05) is 108 Å². The molecule has 3 heterocycles. The number of fused-ring (bicyclic) bond motifs is 10. The van der Waals surface area contributed by atoms with E-state index in [2.05, 4.69) is 201 Å². The minimum Gasteiger partial charge on any atom is -0.355 e. The van der Waals surface area contributed by atoms with Gasteiger partial charge in [0.1, 0.15) is 0 Å². The molecule has 0 fully saturated rings. The quantitative estimate of drug-likeness (QED) is 0.190. The molecule has 7 aromatic carbocycles. The van der Waals surface area contributed by atoms with Gasteiger partial charge in [-0.15, -0.1) is 0 Å². The molecule has 3 aromatic heterocycles. The van der Waals surface area contributed by atoms with E-state index < -0.39 is 0 Å². The third-order valence-corrected chi connectivity index (χ3v) is 14.2. The van der Waals surface area contributed by atoms with Crippen molar-refractivity contribution < 1.29 is 0 Å². The number of para-hydroxylation sites is 3. The number of nitrogens with zero attached hydrogens (tertiary/aromatic N) is 2. The third-order valence-electron chi connectivity index (χ3n) is 14.2. The van der Waals surface area contributed by atoms with Crippen LogP contribution in [0.15, 0.2) is 146 Å². The van der Waals surface area contributed by atoms with E-state index in [9.17, 15) is 0 Å². The Morgan fingerprint density at radius 3 is 1.35 bits per heavy atom. The molecule has 0 unspecified atom stereocenters. The highest BCUT2D eigenvalue weighted by Crippen LogP contribution is 2.62. The fourth-order valence-electron chi connectivity index (χ4n) is 10.00. The Labute approximate surface area is 315 Å². The van der Waals surface area contributed by atoms with Crippen LogP contribution in [0, 0.1) is 5.41 Å². The summed E-state index contributed by atoms with van der Waals surface area (Å²) in [4.78, 5) is 3.78. The molecule has 0 radical (unpaired) electrons. The van der Waals surface area contributed by atoms with Crippen molar-refractivity contribution in [3.05, 3.63) is 157 Å². The number of hydrogen-bond acceptors (Lipinski definition) is 0. The lowest BCUT2D eigenvalue weighted by molar-refractivity contribution is 0.125. The second-order valence-corrected chi connectivity index (χ2v) is 17.2. The lowest BCUT2D eigenvalue weighted by atomic mass is 9.59. The van der Waals surface area contributed by atoms with Crippen LogP contribution >= 0.6 is 0 Å². The summed E-state index contributed by atoms with van der Waals surface area (Å²) in [6, 6.07) is 54.1. The second-order valence-electron chi connectivity index (χ2n) is 17.2. The average molecular weight is 698 g/mol. The molecule has 262 valence electrons. The zero-order valence-electron chi connectivity index (χ0n) is 31.8. The van der Waals surface area contributed by atoms with Crippen LogP contribution in [0.1, 0.15) is 52.7 Å². The molecular weight excluding hydrogens is 655 g/mol. The molecule has 3 nitrogen and oxygen atoms in total. The van der Waals surface area contributed by atoms with Gasteiger partial charge in [0.2, 0.25) is 0 Å². The van der Waals surface area contributed by atoms with Gasteiger partial charge in [0.25, 0.3) is 0 Å². The maximum Gasteiger partial charge on any atom is 0.0541 e. The first-order valence-electron chi connectivity index (χ1n) is 19.3. The van der Waals surface area contributed by atoms with Gasteiger partial charge >= 0.3 is 0 Å². The van der Waals surface area contributed by atoms with Crippen molar-refractivity contribution in [3.63, 3.8) is 0 Å². The largest absolute Gasteiger partial charge is 0.355 e. The summed E-state index contributed by atoms with van der Waals surface area (Å²) in [5.74, 6) is 0. The van der Waals surface area contributed by atoms with E-state index in [-0.39, 0.29) is 16.2 Å². The highest BCUT2D eigenvalue weighted by Gasteiger charge is 2.56. The van der Waals surface area contributed by atoms with E-state index in [1.165, 1.54) is 87.7 Å². The molecule has 0 saturated heterocycles. The molecular formula is C51H43N3. The van der Waals surface area contributed by atoms with Gasteiger partial charge in [-0.3, -0.25) is 0 Å². The van der Waals surface area contributed by atoms with Gasteiger partial charge in [0.05, 0.1) is 22.1 Å². The Hall–Kier alpha value is -6.06. The van der Waals surface area contributed by atoms with Gasteiger partial charge in [-0.2, -0.15) is 0 Å². The van der Waals surface area contributed by atoms with Crippen molar-refractivity contribution in [2.24, 2.45) is 5.41 Å². The number of nitrogens with one attached hydrogen (secondary N) is 1. The highest BCUT2D eigenvalue weighted by molar-refractivity contribution is 6.12. The first-order valence-corrected chi connectivity index (χ1v) is 19.3. The van der Waals surface area contributed by atoms with Gasteiger partial charge < -0.3 is 14.1 Å². The molecule has 0 saturated carbocycles. The Morgan fingerprint density at radius 1 is 0.370 bits per heavy atom.